The minimum Gasteiger partial charge on any atom is -0.0625 e. The van der Waals surface area contributed by atoms with Gasteiger partial charge in [-0.15, -0.1) is 0 Å². The summed E-state index contributed by atoms with van der Waals surface area (Å²) < 4.78 is 0. The normalized spacial score (nSPS) is 45.0. The fourth-order valence-electron chi connectivity index (χ4n) is 8.39. The van der Waals surface area contributed by atoms with E-state index < -0.39 is 0 Å². The summed E-state index contributed by atoms with van der Waals surface area (Å²) in [6.07, 6.45) is 23.3. The van der Waals surface area contributed by atoms with E-state index in [-0.39, 0.29) is 0 Å². The fourth-order valence-corrected chi connectivity index (χ4v) is 8.39. The van der Waals surface area contributed by atoms with Crippen LogP contribution in [0.2, 0.25) is 0 Å². The van der Waals surface area contributed by atoms with Crippen molar-refractivity contribution in [2.75, 3.05) is 0 Å². The van der Waals surface area contributed by atoms with E-state index in [2.05, 4.69) is 27.7 Å². The van der Waals surface area contributed by atoms with E-state index in [4.69, 9.17) is 0 Å². The highest BCUT2D eigenvalue weighted by molar-refractivity contribution is 4.96. The second-order valence-electron chi connectivity index (χ2n) is 13.0. The summed E-state index contributed by atoms with van der Waals surface area (Å²) in [5.41, 5.74) is 0.530. The zero-order valence-corrected chi connectivity index (χ0v) is 19.7. The van der Waals surface area contributed by atoms with Crippen molar-refractivity contribution >= 4 is 0 Å². The molecule has 4 saturated carbocycles. The van der Waals surface area contributed by atoms with Crippen LogP contribution < -0.4 is 0 Å². The monoisotopic (exact) mass is 386 g/mol. The molecular weight excluding hydrogens is 336 g/mol. The summed E-state index contributed by atoms with van der Waals surface area (Å²) in [4.78, 5) is 0. The lowest BCUT2D eigenvalue weighted by molar-refractivity contribution is 0.112. The maximum atomic E-state index is 2.50. The van der Waals surface area contributed by atoms with Crippen molar-refractivity contribution in [2.24, 2.45) is 52.8 Å². The molecule has 0 heteroatoms. The third-order valence-corrected chi connectivity index (χ3v) is 10.2. The van der Waals surface area contributed by atoms with Crippen molar-refractivity contribution in [3.05, 3.63) is 0 Å². The molecule has 28 heavy (non-hydrogen) atoms. The molecular formula is C28H50. The zero-order chi connectivity index (χ0) is 19.7. The Hall–Kier alpha value is 0. The number of rotatable bonds is 4. The van der Waals surface area contributed by atoms with Gasteiger partial charge in [0.2, 0.25) is 0 Å². The van der Waals surface area contributed by atoms with Gasteiger partial charge >= 0.3 is 0 Å². The molecule has 4 aliphatic carbocycles. The molecule has 0 N–H and O–H groups in total. The molecule has 0 saturated heterocycles. The first-order valence-electron chi connectivity index (χ1n) is 13.4. The average Bonchev–Trinajstić information content (AvgIpc) is 3.05. The predicted molar refractivity (Wildman–Crippen MR) is 122 cm³/mol. The predicted octanol–water partition coefficient (Wildman–Crippen LogP) is 8.89. The van der Waals surface area contributed by atoms with E-state index in [1.165, 1.54) is 38.5 Å². The Labute approximate surface area is 177 Å². The van der Waals surface area contributed by atoms with Crippen LogP contribution in [-0.4, -0.2) is 0 Å². The first-order chi connectivity index (χ1) is 13.4. The topological polar surface area (TPSA) is 0 Å². The summed E-state index contributed by atoms with van der Waals surface area (Å²) in [5.74, 6) is 8.61. The second-order valence-corrected chi connectivity index (χ2v) is 13.0. The molecule has 6 unspecified atom stereocenters. The summed E-state index contributed by atoms with van der Waals surface area (Å²) in [5, 5.41) is 0. The molecule has 0 aromatic rings. The van der Waals surface area contributed by atoms with Crippen LogP contribution in [0.3, 0.4) is 0 Å². The lowest BCUT2D eigenvalue weighted by Gasteiger charge is -2.39. The summed E-state index contributed by atoms with van der Waals surface area (Å²) >= 11 is 0. The van der Waals surface area contributed by atoms with Crippen LogP contribution in [0.4, 0.5) is 0 Å². The van der Waals surface area contributed by atoms with Crippen molar-refractivity contribution in [3.63, 3.8) is 0 Å². The molecule has 4 rings (SSSR count). The third kappa shape index (κ3) is 4.83. The molecule has 0 amide bonds. The van der Waals surface area contributed by atoms with Gasteiger partial charge in [-0.1, -0.05) is 79.1 Å². The van der Waals surface area contributed by atoms with Gasteiger partial charge in [-0.25, -0.2) is 0 Å². The molecule has 0 aromatic heterocycles. The van der Waals surface area contributed by atoms with Crippen LogP contribution in [0.25, 0.3) is 0 Å². The van der Waals surface area contributed by atoms with Gasteiger partial charge in [0, 0.05) is 0 Å². The Balaban J connectivity index is 1.38. The largest absolute Gasteiger partial charge is 0.0625 e. The molecule has 0 aliphatic heterocycles. The summed E-state index contributed by atoms with van der Waals surface area (Å²) in [7, 11) is 0. The maximum Gasteiger partial charge on any atom is -0.0352 e. The summed E-state index contributed by atoms with van der Waals surface area (Å²) in [6, 6.07) is 0. The van der Waals surface area contributed by atoms with Gasteiger partial charge in [-0.05, 0) is 97.7 Å². The molecule has 0 bridgehead atoms. The minimum absolute atomic E-state index is 0.530. The Kier molecular flexibility index (Phi) is 6.84. The van der Waals surface area contributed by atoms with Crippen LogP contribution >= 0.6 is 0 Å². The molecule has 0 heterocycles. The number of hydrogen-bond acceptors (Lipinski definition) is 0. The highest BCUT2D eigenvalue weighted by atomic mass is 14.5. The Bertz CT molecular complexity index is 477. The molecule has 4 fully saturated rings. The van der Waals surface area contributed by atoms with E-state index in [0.717, 1.165) is 47.3 Å². The van der Waals surface area contributed by atoms with E-state index in [1.807, 2.05) is 0 Å². The fraction of sp³-hybridized carbons (Fsp3) is 1.00. The lowest BCUT2D eigenvalue weighted by Crippen LogP contribution is -2.29. The first kappa shape index (κ1) is 21.2. The molecule has 4 aliphatic rings. The molecule has 162 valence electrons. The van der Waals surface area contributed by atoms with E-state index in [1.54, 1.807) is 57.8 Å². The standard InChI is InChI=1S/C28H50/c1-20-12-15-22(16-13-20)27-19-23-9-5-6-11-25(23)26(27)17-14-21-8-7-10-24(18-21)28(2,3)4/h20-27H,5-19H2,1-4H3. The molecule has 0 radical (unpaired) electrons. The van der Waals surface area contributed by atoms with Crippen molar-refractivity contribution in [1.29, 1.82) is 0 Å². The van der Waals surface area contributed by atoms with Gasteiger partial charge in [0.15, 0.2) is 0 Å². The van der Waals surface area contributed by atoms with Crippen molar-refractivity contribution in [3.8, 4) is 0 Å². The quantitative estimate of drug-likeness (QED) is 0.452. The highest BCUT2D eigenvalue weighted by Gasteiger charge is 2.46. The van der Waals surface area contributed by atoms with Crippen LogP contribution in [0.15, 0.2) is 0 Å². The number of fused-ring (bicyclic) bond motifs is 1. The molecule has 0 nitrogen and oxygen atoms in total. The van der Waals surface area contributed by atoms with Crippen molar-refractivity contribution in [2.45, 2.75) is 124 Å². The number of hydrogen-bond donors (Lipinski definition) is 0. The summed E-state index contributed by atoms with van der Waals surface area (Å²) in [6.45, 7) is 9.97. The van der Waals surface area contributed by atoms with Crippen LogP contribution in [-0.2, 0) is 0 Å². The van der Waals surface area contributed by atoms with Gasteiger partial charge in [0.1, 0.15) is 0 Å². The lowest BCUT2D eigenvalue weighted by atomic mass is 9.66. The molecule has 0 spiro atoms. The second kappa shape index (κ2) is 9.01. The highest BCUT2D eigenvalue weighted by Crippen LogP contribution is 2.56. The molecule has 0 aromatic carbocycles. The minimum atomic E-state index is 0.530. The van der Waals surface area contributed by atoms with Crippen molar-refractivity contribution in [1.82, 2.24) is 0 Å². The van der Waals surface area contributed by atoms with Gasteiger partial charge in [0.05, 0.1) is 0 Å². The van der Waals surface area contributed by atoms with Gasteiger partial charge in [-0.3, -0.25) is 0 Å². The Morgan fingerprint density at radius 2 is 1.39 bits per heavy atom. The van der Waals surface area contributed by atoms with Crippen LogP contribution in [0.5, 0.6) is 0 Å². The van der Waals surface area contributed by atoms with E-state index >= 15 is 0 Å². The van der Waals surface area contributed by atoms with Crippen LogP contribution in [0, 0.1) is 52.8 Å². The molecule has 6 atom stereocenters. The SMILES string of the molecule is CC1CCC(C2CC3CCCCC3C2CCC2CCCC(C(C)(C)C)C2)CC1. The smallest absolute Gasteiger partial charge is 0.0352 e. The maximum absolute atomic E-state index is 2.50. The van der Waals surface area contributed by atoms with Crippen LogP contribution in [0.1, 0.15) is 124 Å². The van der Waals surface area contributed by atoms with Gasteiger partial charge in [-0.2, -0.15) is 0 Å². The van der Waals surface area contributed by atoms with Crippen molar-refractivity contribution < 1.29 is 0 Å². The van der Waals surface area contributed by atoms with Gasteiger partial charge < -0.3 is 0 Å². The Morgan fingerprint density at radius 1 is 0.643 bits per heavy atom. The Morgan fingerprint density at radius 3 is 2.14 bits per heavy atom. The average molecular weight is 387 g/mol. The van der Waals surface area contributed by atoms with E-state index in [9.17, 15) is 0 Å². The third-order valence-electron chi connectivity index (χ3n) is 10.2. The van der Waals surface area contributed by atoms with E-state index in [0.29, 0.717) is 5.41 Å². The first-order valence-corrected chi connectivity index (χ1v) is 13.4. The zero-order valence-electron chi connectivity index (χ0n) is 19.7. The van der Waals surface area contributed by atoms with Gasteiger partial charge in [0.25, 0.3) is 0 Å².